The van der Waals surface area contributed by atoms with E-state index in [9.17, 15) is 9.18 Å². The monoisotopic (exact) mass is 258 g/mol. The lowest BCUT2D eigenvalue weighted by atomic mass is 10.1. The highest BCUT2D eigenvalue weighted by atomic mass is 35.5. The van der Waals surface area contributed by atoms with E-state index in [1.54, 1.807) is 13.8 Å². The molecule has 1 fully saturated rings. The molecule has 1 aliphatic rings. The molecule has 0 saturated heterocycles. The standard InChI is InChI=1S/C12H12ClFO3/c1-12(2)9(11(15)16)10(12)17-8-4-3-6(13)5-7(8)14/h3-5,9-10H,1-2H3,(H,15,16). The van der Waals surface area contributed by atoms with Crippen LogP contribution in [0.5, 0.6) is 5.75 Å². The first-order valence-corrected chi connectivity index (χ1v) is 5.56. The first-order valence-electron chi connectivity index (χ1n) is 5.18. The Morgan fingerprint density at radius 1 is 1.53 bits per heavy atom. The van der Waals surface area contributed by atoms with Gasteiger partial charge in [-0.3, -0.25) is 4.79 Å². The fourth-order valence-electron chi connectivity index (χ4n) is 1.97. The summed E-state index contributed by atoms with van der Waals surface area (Å²) in [7, 11) is 0. The number of benzene rings is 1. The van der Waals surface area contributed by atoms with E-state index in [4.69, 9.17) is 21.4 Å². The molecule has 2 rings (SSSR count). The highest BCUT2D eigenvalue weighted by Crippen LogP contribution is 2.54. The lowest BCUT2D eigenvalue weighted by molar-refractivity contribution is -0.139. The molecule has 0 aliphatic heterocycles. The van der Waals surface area contributed by atoms with Gasteiger partial charge >= 0.3 is 5.97 Å². The van der Waals surface area contributed by atoms with Gasteiger partial charge in [-0.15, -0.1) is 0 Å². The number of aliphatic carboxylic acids is 1. The Labute approximate surface area is 103 Å². The Kier molecular flexibility index (Phi) is 2.78. The molecule has 92 valence electrons. The van der Waals surface area contributed by atoms with Gasteiger partial charge in [-0.1, -0.05) is 25.4 Å². The van der Waals surface area contributed by atoms with Gasteiger partial charge in [0.1, 0.15) is 12.0 Å². The van der Waals surface area contributed by atoms with Crippen molar-refractivity contribution in [2.24, 2.45) is 11.3 Å². The number of carboxylic acids is 1. The van der Waals surface area contributed by atoms with E-state index in [1.807, 2.05) is 0 Å². The molecule has 0 amide bonds. The van der Waals surface area contributed by atoms with E-state index in [2.05, 4.69) is 0 Å². The van der Waals surface area contributed by atoms with Crippen LogP contribution in [-0.4, -0.2) is 17.2 Å². The average Bonchev–Trinajstić information content (AvgIpc) is 2.73. The molecule has 2 atom stereocenters. The second-order valence-corrected chi connectivity index (χ2v) is 5.19. The van der Waals surface area contributed by atoms with E-state index < -0.39 is 29.2 Å². The molecule has 17 heavy (non-hydrogen) atoms. The maximum absolute atomic E-state index is 13.5. The summed E-state index contributed by atoms with van der Waals surface area (Å²) in [6.45, 7) is 3.56. The lowest BCUT2D eigenvalue weighted by Crippen LogP contribution is -2.08. The fourth-order valence-corrected chi connectivity index (χ4v) is 2.12. The molecule has 0 spiro atoms. The number of ether oxygens (including phenoxy) is 1. The van der Waals surface area contributed by atoms with Crippen LogP contribution in [0.2, 0.25) is 5.02 Å². The molecule has 0 radical (unpaired) electrons. The summed E-state index contributed by atoms with van der Waals surface area (Å²) >= 11 is 5.61. The van der Waals surface area contributed by atoms with Gasteiger partial charge in [0.2, 0.25) is 0 Å². The quantitative estimate of drug-likeness (QED) is 0.907. The number of hydrogen-bond donors (Lipinski definition) is 1. The molecule has 0 bridgehead atoms. The van der Waals surface area contributed by atoms with E-state index in [0.29, 0.717) is 0 Å². The zero-order valence-electron chi connectivity index (χ0n) is 9.41. The minimum Gasteiger partial charge on any atom is -0.486 e. The maximum atomic E-state index is 13.5. The van der Waals surface area contributed by atoms with E-state index in [-0.39, 0.29) is 10.8 Å². The molecule has 5 heteroatoms. The van der Waals surface area contributed by atoms with Gasteiger partial charge in [0.05, 0.1) is 0 Å². The summed E-state index contributed by atoms with van der Waals surface area (Å²) < 4.78 is 18.8. The smallest absolute Gasteiger partial charge is 0.310 e. The SMILES string of the molecule is CC1(C)C(Oc2ccc(Cl)cc2F)C1C(=O)O. The van der Waals surface area contributed by atoms with Gasteiger partial charge in [0, 0.05) is 10.4 Å². The lowest BCUT2D eigenvalue weighted by Gasteiger charge is -2.08. The van der Waals surface area contributed by atoms with Gasteiger partial charge in [-0.05, 0) is 18.2 Å². The molecule has 1 N–H and O–H groups in total. The number of rotatable bonds is 3. The van der Waals surface area contributed by atoms with Crippen LogP contribution in [0.1, 0.15) is 13.8 Å². The Morgan fingerprint density at radius 3 is 2.65 bits per heavy atom. The largest absolute Gasteiger partial charge is 0.486 e. The Bertz CT molecular complexity index is 473. The van der Waals surface area contributed by atoms with Crippen molar-refractivity contribution in [2.45, 2.75) is 20.0 Å². The third-order valence-corrected chi connectivity index (χ3v) is 3.38. The zero-order valence-corrected chi connectivity index (χ0v) is 10.2. The number of carboxylic acid groups (broad SMARTS) is 1. The van der Waals surface area contributed by atoms with Gasteiger partial charge in [-0.2, -0.15) is 0 Å². The van der Waals surface area contributed by atoms with Crippen LogP contribution in [0.3, 0.4) is 0 Å². The van der Waals surface area contributed by atoms with Crippen LogP contribution in [-0.2, 0) is 4.79 Å². The van der Waals surface area contributed by atoms with E-state index in [0.717, 1.165) is 6.07 Å². The van der Waals surface area contributed by atoms with Crippen LogP contribution in [0, 0.1) is 17.2 Å². The minimum absolute atomic E-state index is 0.0382. The highest BCUT2D eigenvalue weighted by molar-refractivity contribution is 6.30. The molecule has 3 nitrogen and oxygen atoms in total. The molecular weight excluding hydrogens is 247 g/mol. The highest BCUT2D eigenvalue weighted by Gasteiger charge is 2.65. The predicted molar refractivity (Wildman–Crippen MR) is 60.7 cm³/mol. The van der Waals surface area contributed by atoms with Gasteiger partial charge < -0.3 is 9.84 Å². The first-order chi connectivity index (χ1) is 7.84. The molecule has 2 unspecified atom stereocenters. The topological polar surface area (TPSA) is 46.5 Å². The van der Waals surface area contributed by atoms with Gasteiger partial charge in [0.15, 0.2) is 11.6 Å². The Balaban J connectivity index is 2.15. The summed E-state index contributed by atoms with van der Waals surface area (Å²) in [6, 6.07) is 4.05. The maximum Gasteiger partial charge on any atom is 0.310 e. The molecular formula is C12H12ClFO3. The third-order valence-electron chi connectivity index (χ3n) is 3.14. The van der Waals surface area contributed by atoms with Crippen molar-refractivity contribution in [3.8, 4) is 5.75 Å². The molecule has 1 aromatic rings. The van der Waals surface area contributed by atoms with Gasteiger partial charge in [-0.25, -0.2) is 4.39 Å². The Hall–Kier alpha value is -1.29. The summed E-state index contributed by atoms with van der Waals surface area (Å²) in [5, 5.41) is 9.23. The van der Waals surface area contributed by atoms with Crippen LogP contribution in [0.15, 0.2) is 18.2 Å². The first kappa shape index (κ1) is 12.2. The average molecular weight is 259 g/mol. The van der Waals surface area contributed by atoms with Crippen LogP contribution < -0.4 is 4.74 Å². The van der Waals surface area contributed by atoms with Crippen molar-refractivity contribution < 1.29 is 19.0 Å². The molecule has 1 saturated carbocycles. The van der Waals surface area contributed by atoms with Gasteiger partial charge in [0.25, 0.3) is 0 Å². The Morgan fingerprint density at radius 2 is 2.18 bits per heavy atom. The number of carbonyl (C=O) groups is 1. The number of hydrogen-bond acceptors (Lipinski definition) is 2. The summed E-state index contributed by atoms with van der Waals surface area (Å²) in [4.78, 5) is 10.9. The molecule has 0 aromatic heterocycles. The van der Waals surface area contributed by atoms with Crippen molar-refractivity contribution in [3.63, 3.8) is 0 Å². The normalized spacial score (nSPS) is 25.4. The molecule has 0 heterocycles. The van der Waals surface area contributed by atoms with Crippen LogP contribution >= 0.6 is 11.6 Å². The zero-order chi connectivity index (χ0) is 12.8. The predicted octanol–water partition coefficient (Wildman–Crippen LogP) is 2.97. The van der Waals surface area contributed by atoms with E-state index >= 15 is 0 Å². The van der Waals surface area contributed by atoms with Crippen LogP contribution in [0.4, 0.5) is 4.39 Å². The second-order valence-electron chi connectivity index (χ2n) is 4.75. The number of halogens is 2. The minimum atomic E-state index is -0.922. The molecule has 1 aromatic carbocycles. The van der Waals surface area contributed by atoms with Crippen molar-refractivity contribution >= 4 is 17.6 Å². The second kappa shape index (κ2) is 3.88. The fraction of sp³-hybridized carbons (Fsp3) is 0.417. The van der Waals surface area contributed by atoms with Crippen molar-refractivity contribution in [3.05, 3.63) is 29.0 Å². The summed E-state index contributed by atoms with van der Waals surface area (Å²) in [5.41, 5.74) is -0.474. The van der Waals surface area contributed by atoms with Crippen molar-refractivity contribution in [1.29, 1.82) is 0 Å². The summed E-state index contributed by atoms with van der Waals surface area (Å²) in [6.07, 6.45) is -0.504. The van der Waals surface area contributed by atoms with E-state index in [1.165, 1.54) is 12.1 Å². The summed E-state index contributed by atoms with van der Waals surface area (Å²) in [5.74, 6) is -2.06. The van der Waals surface area contributed by atoms with Crippen molar-refractivity contribution in [2.75, 3.05) is 0 Å². The van der Waals surface area contributed by atoms with Crippen LogP contribution in [0.25, 0.3) is 0 Å². The van der Waals surface area contributed by atoms with Crippen molar-refractivity contribution in [1.82, 2.24) is 0 Å². The molecule has 1 aliphatic carbocycles. The third kappa shape index (κ3) is 2.09.